The summed E-state index contributed by atoms with van der Waals surface area (Å²) in [5.41, 5.74) is 1.05. The van der Waals surface area contributed by atoms with Crippen LogP contribution in [-0.2, 0) is 13.6 Å². The molecular weight excluding hydrogens is 242 g/mol. The molecule has 2 N–H and O–H groups in total. The van der Waals surface area contributed by atoms with Crippen LogP contribution in [0.2, 0.25) is 0 Å². The molecule has 1 aromatic heterocycles. The second-order valence-electron chi connectivity index (χ2n) is 5.69. The van der Waals surface area contributed by atoms with E-state index < -0.39 is 5.97 Å². The SMILES string of the molecule is CC1CCC(CNCc2c(C(=O)O)cnn2C)CC1. The van der Waals surface area contributed by atoms with Crippen molar-refractivity contribution in [3.05, 3.63) is 17.5 Å². The Morgan fingerprint density at radius 2 is 2.16 bits per heavy atom. The summed E-state index contributed by atoms with van der Waals surface area (Å²) >= 11 is 0. The van der Waals surface area contributed by atoms with E-state index in [4.69, 9.17) is 5.11 Å². The van der Waals surface area contributed by atoms with Crippen molar-refractivity contribution in [3.8, 4) is 0 Å². The lowest BCUT2D eigenvalue weighted by Crippen LogP contribution is -2.27. The molecule has 0 saturated heterocycles. The van der Waals surface area contributed by atoms with E-state index >= 15 is 0 Å². The minimum Gasteiger partial charge on any atom is -0.478 e. The highest BCUT2D eigenvalue weighted by atomic mass is 16.4. The number of aromatic carboxylic acids is 1. The number of carboxylic acids is 1. The average Bonchev–Trinajstić information content (AvgIpc) is 2.74. The molecule has 106 valence electrons. The summed E-state index contributed by atoms with van der Waals surface area (Å²) in [5, 5.41) is 16.5. The molecule has 0 aromatic carbocycles. The van der Waals surface area contributed by atoms with Crippen LogP contribution >= 0.6 is 0 Å². The Hall–Kier alpha value is -1.36. The first-order valence-corrected chi connectivity index (χ1v) is 7.02. The van der Waals surface area contributed by atoms with Gasteiger partial charge in [-0.05, 0) is 31.2 Å². The van der Waals surface area contributed by atoms with Crippen LogP contribution in [-0.4, -0.2) is 27.4 Å². The lowest BCUT2D eigenvalue weighted by Gasteiger charge is -2.26. The Bertz CT molecular complexity index is 434. The van der Waals surface area contributed by atoms with Crippen LogP contribution in [0.25, 0.3) is 0 Å². The van der Waals surface area contributed by atoms with Gasteiger partial charge in [0.1, 0.15) is 5.56 Å². The van der Waals surface area contributed by atoms with Gasteiger partial charge in [0.2, 0.25) is 0 Å². The Morgan fingerprint density at radius 3 is 2.79 bits per heavy atom. The van der Waals surface area contributed by atoms with E-state index in [9.17, 15) is 4.79 Å². The third kappa shape index (κ3) is 3.56. The summed E-state index contributed by atoms with van der Waals surface area (Å²) in [7, 11) is 1.78. The van der Waals surface area contributed by atoms with Crippen LogP contribution in [0.4, 0.5) is 0 Å². The van der Waals surface area contributed by atoms with Gasteiger partial charge >= 0.3 is 5.97 Å². The number of aryl methyl sites for hydroxylation is 1. The third-order valence-electron chi connectivity index (χ3n) is 4.15. The standard InChI is InChI=1S/C14H23N3O2/c1-10-3-5-11(6-4-10)7-15-9-13-12(14(18)19)8-16-17(13)2/h8,10-11,15H,3-7,9H2,1-2H3,(H,18,19). The molecular formula is C14H23N3O2. The molecule has 0 unspecified atom stereocenters. The molecule has 0 radical (unpaired) electrons. The summed E-state index contributed by atoms with van der Waals surface area (Å²) in [6.07, 6.45) is 6.62. The highest BCUT2D eigenvalue weighted by molar-refractivity contribution is 5.88. The minimum atomic E-state index is -0.906. The summed E-state index contributed by atoms with van der Waals surface area (Å²) < 4.78 is 1.64. The molecule has 0 amide bonds. The number of carboxylic acid groups (broad SMARTS) is 1. The fraction of sp³-hybridized carbons (Fsp3) is 0.714. The number of aromatic nitrogens is 2. The summed E-state index contributed by atoms with van der Waals surface area (Å²) in [5.74, 6) is 0.695. The molecule has 5 heteroatoms. The molecule has 5 nitrogen and oxygen atoms in total. The van der Waals surface area contributed by atoms with Crippen molar-refractivity contribution >= 4 is 5.97 Å². The molecule has 1 aromatic rings. The van der Waals surface area contributed by atoms with Crippen LogP contribution in [0.5, 0.6) is 0 Å². The number of hydrogen-bond donors (Lipinski definition) is 2. The van der Waals surface area contributed by atoms with E-state index in [2.05, 4.69) is 17.3 Å². The largest absolute Gasteiger partial charge is 0.478 e. The lowest BCUT2D eigenvalue weighted by molar-refractivity contribution is 0.0695. The molecule has 0 spiro atoms. The minimum absolute atomic E-state index is 0.298. The second-order valence-corrected chi connectivity index (χ2v) is 5.69. The smallest absolute Gasteiger partial charge is 0.339 e. The normalized spacial score (nSPS) is 23.5. The number of nitrogens with one attached hydrogen (secondary N) is 1. The predicted molar refractivity (Wildman–Crippen MR) is 73.0 cm³/mol. The maximum atomic E-state index is 11.1. The first-order chi connectivity index (χ1) is 9.08. The van der Waals surface area contributed by atoms with Crippen molar-refractivity contribution in [3.63, 3.8) is 0 Å². The number of rotatable bonds is 5. The molecule has 1 aliphatic carbocycles. The molecule has 19 heavy (non-hydrogen) atoms. The zero-order valence-corrected chi connectivity index (χ0v) is 11.7. The van der Waals surface area contributed by atoms with Gasteiger partial charge < -0.3 is 10.4 Å². The van der Waals surface area contributed by atoms with E-state index in [-0.39, 0.29) is 0 Å². The van der Waals surface area contributed by atoms with Crippen LogP contribution in [0, 0.1) is 11.8 Å². The quantitative estimate of drug-likeness (QED) is 0.855. The second kappa shape index (κ2) is 6.19. The molecule has 1 saturated carbocycles. The topological polar surface area (TPSA) is 67.2 Å². The van der Waals surface area contributed by atoms with Crippen molar-refractivity contribution < 1.29 is 9.90 Å². The van der Waals surface area contributed by atoms with E-state index in [1.54, 1.807) is 11.7 Å². The zero-order chi connectivity index (χ0) is 13.8. The van der Waals surface area contributed by atoms with Gasteiger partial charge in [-0.2, -0.15) is 5.10 Å². The molecule has 1 heterocycles. The van der Waals surface area contributed by atoms with Gasteiger partial charge in [0.15, 0.2) is 0 Å². The van der Waals surface area contributed by atoms with Gasteiger partial charge in [0, 0.05) is 13.6 Å². The number of nitrogens with zero attached hydrogens (tertiary/aromatic N) is 2. The third-order valence-corrected chi connectivity index (χ3v) is 4.15. The van der Waals surface area contributed by atoms with Crippen LogP contribution in [0.3, 0.4) is 0 Å². The van der Waals surface area contributed by atoms with Gasteiger partial charge in [-0.1, -0.05) is 19.8 Å². The molecule has 1 fully saturated rings. The Labute approximate surface area is 114 Å². The van der Waals surface area contributed by atoms with E-state index in [1.807, 2.05) is 0 Å². The Kier molecular flexibility index (Phi) is 4.58. The van der Waals surface area contributed by atoms with Crippen molar-refractivity contribution in [1.82, 2.24) is 15.1 Å². The maximum absolute atomic E-state index is 11.1. The van der Waals surface area contributed by atoms with Gasteiger partial charge in [0.05, 0.1) is 11.9 Å². The number of carbonyl (C=O) groups is 1. The highest BCUT2D eigenvalue weighted by Gasteiger charge is 2.19. The van der Waals surface area contributed by atoms with Gasteiger partial charge in [0.25, 0.3) is 0 Å². The molecule has 0 aliphatic heterocycles. The van der Waals surface area contributed by atoms with E-state index in [1.165, 1.54) is 31.9 Å². The van der Waals surface area contributed by atoms with Crippen molar-refractivity contribution in [2.75, 3.05) is 6.54 Å². The van der Waals surface area contributed by atoms with Crippen LogP contribution in [0.15, 0.2) is 6.20 Å². The Morgan fingerprint density at radius 1 is 1.47 bits per heavy atom. The first-order valence-electron chi connectivity index (χ1n) is 7.02. The maximum Gasteiger partial charge on any atom is 0.339 e. The van der Waals surface area contributed by atoms with Crippen molar-refractivity contribution in [2.45, 2.75) is 39.2 Å². The van der Waals surface area contributed by atoms with Gasteiger partial charge in [-0.25, -0.2) is 4.79 Å². The van der Waals surface area contributed by atoms with Crippen LogP contribution in [0.1, 0.15) is 48.7 Å². The predicted octanol–water partition coefficient (Wildman–Crippen LogP) is 2.03. The van der Waals surface area contributed by atoms with Crippen molar-refractivity contribution in [2.24, 2.45) is 18.9 Å². The Balaban J connectivity index is 1.82. The number of hydrogen-bond acceptors (Lipinski definition) is 3. The zero-order valence-electron chi connectivity index (χ0n) is 11.7. The van der Waals surface area contributed by atoms with Crippen molar-refractivity contribution in [1.29, 1.82) is 0 Å². The molecule has 0 atom stereocenters. The van der Waals surface area contributed by atoms with Gasteiger partial charge in [-0.15, -0.1) is 0 Å². The molecule has 0 bridgehead atoms. The van der Waals surface area contributed by atoms with E-state index in [0.717, 1.165) is 24.1 Å². The first kappa shape index (κ1) is 14.1. The summed E-state index contributed by atoms with van der Waals surface area (Å²) in [6, 6.07) is 0. The fourth-order valence-electron chi connectivity index (χ4n) is 2.78. The van der Waals surface area contributed by atoms with E-state index in [0.29, 0.717) is 12.1 Å². The average molecular weight is 265 g/mol. The summed E-state index contributed by atoms with van der Waals surface area (Å²) in [4.78, 5) is 11.1. The fourth-order valence-corrected chi connectivity index (χ4v) is 2.78. The van der Waals surface area contributed by atoms with Gasteiger partial charge in [-0.3, -0.25) is 4.68 Å². The lowest BCUT2D eigenvalue weighted by atomic mass is 9.83. The molecule has 2 rings (SSSR count). The summed E-state index contributed by atoms with van der Waals surface area (Å²) in [6.45, 7) is 3.86. The van der Waals surface area contributed by atoms with Crippen LogP contribution < -0.4 is 5.32 Å². The monoisotopic (exact) mass is 265 g/mol. The molecule has 1 aliphatic rings. The highest BCUT2D eigenvalue weighted by Crippen LogP contribution is 2.27.